The first-order chi connectivity index (χ1) is 12.9. The fourth-order valence-electron chi connectivity index (χ4n) is 3.63. The molecule has 0 fully saturated rings. The maximum atomic E-state index is 11.6. The summed E-state index contributed by atoms with van der Waals surface area (Å²) in [6.07, 6.45) is 0. The van der Waals surface area contributed by atoms with Crippen LogP contribution in [0, 0.1) is 55.4 Å². The molecular formula is C22H26N2O4. The van der Waals surface area contributed by atoms with E-state index in [-0.39, 0.29) is 0 Å². The molecular weight excluding hydrogens is 356 g/mol. The van der Waals surface area contributed by atoms with Gasteiger partial charge in [0.2, 0.25) is 0 Å². The standard InChI is InChI=1S/C22H26N2O4/c1-9-13(5)19(14(6)10(2)17(9)21(25)26)23-24-20-15(7)11(3)18(22(27)28)12(4)16(20)8/h1-8H3,(H,25,26)(H,27,28). The van der Waals surface area contributed by atoms with Crippen LogP contribution in [0.1, 0.15) is 65.2 Å². The van der Waals surface area contributed by atoms with Crippen LogP contribution in [-0.2, 0) is 0 Å². The molecule has 0 radical (unpaired) electrons. The van der Waals surface area contributed by atoms with Gasteiger partial charge in [-0.3, -0.25) is 0 Å². The van der Waals surface area contributed by atoms with Gasteiger partial charge in [-0.25, -0.2) is 9.59 Å². The topological polar surface area (TPSA) is 99.3 Å². The Labute approximate surface area is 164 Å². The number of rotatable bonds is 4. The maximum absolute atomic E-state index is 11.6. The zero-order valence-corrected chi connectivity index (χ0v) is 17.6. The van der Waals surface area contributed by atoms with Gasteiger partial charge in [-0.05, 0) is 99.9 Å². The van der Waals surface area contributed by atoms with Crippen LogP contribution in [0.15, 0.2) is 10.2 Å². The van der Waals surface area contributed by atoms with Crippen molar-refractivity contribution in [2.45, 2.75) is 55.4 Å². The normalized spacial score (nSPS) is 11.3. The molecule has 0 bridgehead atoms. The lowest BCUT2D eigenvalue weighted by Gasteiger charge is -2.17. The highest BCUT2D eigenvalue weighted by Crippen LogP contribution is 2.37. The van der Waals surface area contributed by atoms with Crippen molar-refractivity contribution < 1.29 is 19.8 Å². The second-order valence-electron chi connectivity index (χ2n) is 7.26. The van der Waals surface area contributed by atoms with Crippen molar-refractivity contribution in [1.29, 1.82) is 0 Å². The van der Waals surface area contributed by atoms with E-state index < -0.39 is 11.9 Å². The molecule has 6 nitrogen and oxygen atoms in total. The molecule has 2 aromatic carbocycles. The van der Waals surface area contributed by atoms with Crippen LogP contribution in [0.25, 0.3) is 0 Å². The second-order valence-corrected chi connectivity index (χ2v) is 7.26. The van der Waals surface area contributed by atoms with Crippen molar-refractivity contribution in [2.24, 2.45) is 10.2 Å². The Morgan fingerprint density at radius 3 is 0.893 bits per heavy atom. The lowest BCUT2D eigenvalue weighted by atomic mass is 9.92. The molecule has 2 rings (SSSR count). The first-order valence-corrected chi connectivity index (χ1v) is 9.00. The lowest BCUT2D eigenvalue weighted by Crippen LogP contribution is -2.07. The Morgan fingerprint density at radius 2 is 0.714 bits per heavy atom. The summed E-state index contributed by atoms with van der Waals surface area (Å²) in [5, 5.41) is 27.9. The smallest absolute Gasteiger partial charge is 0.336 e. The van der Waals surface area contributed by atoms with Gasteiger partial charge in [0, 0.05) is 0 Å². The van der Waals surface area contributed by atoms with Crippen LogP contribution >= 0.6 is 0 Å². The summed E-state index contributed by atoms with van der Waals surface area (Å²) < 4.78 is 0. The number of hydrogen-bond acceptors (Lipinski definition) is 4. The largest absolute Gasteiger partial charge is 0.478 e. The van der Waals surface area contributed by atoms with Gasteiger partial charge in [-0.2, -0.15) is 0 Å². The summed E-state index contributed by atoms with van der Waals surface area (Å²) >= 11 is 0. The zero-order valence-electron chi connectivity index (χ0n) is 17.6. The molecule has 0 amide bonds. The molecule has 0 saturated heterocycles. The number of nitrogens with zero attached hydrogens (tertiary/aromatic N) is 2. The van der Waals surface area contributed by atoms with Crippen LogP contribution in [0.2, 0.25) is 0 Å². The number of carbonyl (C=O) groups is 2. The summed E-state index contributed by atoms with van der Waals surface area (Å²) in [6.45, 7) is 14.5. The Bertz CT molecular complexity index is 908. The Hall–Kier alpha value is -3.02. The van der Waals surface area contributed by atoms with Crippen LogP contribution in [0.5, 0.6) is 0 Å². The predicted molar refractivity (Wildman–Crippen MR) is 109 cm³/mol. The third kappa shape index (κ3) is 3.30. The van der Waals surface area contributed by atoms with E-state index in [1.807, 2.05) is 27.7 Å². The molecule has 0 aliphatic rings. The fraction of sp³-hybridized carbons (Fsp3) is 0.364. The minimum Gasteiger partial charge on any atom is -0.478 e. The van der Waals surface area contributed by atoms with Gasteiger partial charge in [0.25, 0.3) is 0 Å². The molecule has 2 aromatic rings. The van der Waals surface area contributed by atoms with Gasteiger partial charge in [0.1, 0.15) is 0 Å². The number of benzene rings is 2. The third-order valence-corrected chi connectivity index (χ3v) is 5.85. The number of azo groups is 1. The lowest BCUT2D eigenvalue weighted by molar-refractivity contribution is 0.0684. The van der Waals surface area contributed by atoms with Crippen molar-refractivity contribution >= 4 is 23.3 Å². The van der Waals surface area contributed by atoms with Gasteiger partial charge < -0.3 is 10.2 Å². The van der Waals surface area contributed by atoms with Gasteiger partial charge >= 0.3 is 11.9 Å². The molecule has 2 N–H and O–H groups in total. The molecule has 0 unspecified atom stereocenters. The van der Waals surface area contributed by atoms with E-state index in [1.54, 1.807) is 27.7 Å². The molecule has 0 aliphatic carbocycles. The molecule has 0 spiro atoms. The van der Waals surface area contributed by atoms with E-state index in [0.29, 0.717) is 44.8 Å². The SMILES string of the molecule is Cc1c(C)c(C(=O)O)c(C)c(C)c1N=Nc1c(C)c(C)c(C(=O)O)c(C)c1C. The molecule has 0 heterocycles. The second kappa shape index (κ2) is 7.54. The maximum Gasteiger partial charge on any atom is 0.336 e. The van der Waals surface area contributed by atoms with Gasteiger partial charge in [-0.1, -0.05) is 0 Å². The monoisotopic (exact) mass is 382 g/mol. The molecule has 0 aromatic heterocycles. The quantitative estimate of drug-likeness (QED) is 0.637. The highest BCUT2D eigenvalue weighted by atomic mass is 16.4. The summed E-state index contributed by atoms with van der Waals surface area (Å²) in [4.78, 5) is 23.2. The summed E-state index contributed by atoms with van der Waals surface area (Å²) in [6, 6.07) is 0. The van der Waals surface area contributed by atoms with Crippen molar-refractivity contribution in [3.63, 3.8) is 0 Å². The van der Waals surface area contributed by atoms with Gasteiger partial charge in [-0.15, -0.1) is 10.2 Å². The Balaban J connectivity index is 2.72. The molecule has 0 atom stereocenters. The minimum absolute atomic E-state index is 0.304. The Kier molecular flexibility index (Phi) is 5.73. The number of carboxylic acids is 2. The fourth-order valence-corrected chi connectivity index (χ4v) is 3.63. The third-order valence-electron chi connectivity index (χ3n) is 5.85. The molecule has 6 heteroatoms. The van der Waals surface area contributed by atoms with Crippen LogP contribution < -0.4 is 0 Å². The van der Waals surface area contributed by atoms with Crippen molar-refractivity contribution in [3.8, 4) is 0 Å². The number of hydrogen-bond donors (Lipinski definition) is 2. The van der Waals surface area contributed by atoms with Crippen LogP contribution in [-0.4, -0.2) is 22.2 Å². The summed E-state index contributed by atoms with van der Waals surface area (Å²) in [5.41, 5.74) is 7.69. The highest BCUT2D eigenvalue weighted by molar-refractivity contribution is 5.94. The highest BCUT2D eigenvalue weighted by Gasteiger charge is 2.21. The van der Waals surface area contributed by atoms with E-state index in [0.717, 1.165) is 22.3 Å². The molecule has 28 heavy (non-hydrogen) atoms. The van der Waals surface area contributed by atoms with E-state index in [1.165, 1.54) is 0 Å². The van der Waals surface area contributed by atoms with E-state index in [9.17, 15) is 19.8 Å². The minimum atomic E-state index is -0.952. The first-order valence-electron chi connectivity index (χ1n) is 9.00. The molecule has 148 valence electrons. The Morgan fingerprint density at radius 1 is 0.500 bits per heavy atom. The number of aromatic carboxylic acids is 2. The predicted octanol–water partition coefficient (Wildman–Crippen LogP) is 5.97. The zero-order chi connectivity index (χ0) is 21.5. The number of carboxylic acid groups (broad SMARTS) is 2. The average Bonchev–Trinajstić information content (AvgIpc) is 2.60. The van der Waals surface area contributed by atoms with Crippen molar-refractivity contribution in [2.75, 3.05) is 0 Å². The summed E-state index contributed by atoms with van der Waals surface area (Å²) in [7, 11) is 0. The van der Waals surface area contributed by atoms with Crippen LogP contribution in [0.4, 0.5) is 11.4 Å². The van der Waals surface area contributed by atoms with E-state index >= 15 is 0 Å². The van der Waals surface area contributed by atoms with E-state index in [4.69, 9.17) is 0 Å². The molecule has 0 saturated carbocycles. The van der Waals surface area contributed by atoms with E-state index in [2.05, 4.69) is 10.2 Å². The van der Waals surface area contributed by atoms with Crippen molar-refractivity contribution in [3.05, 3.63) is 55.6 Å². The van der Waals surface area contributed by atoms with Crippen LogP contribution in [0.3, 0.4) is 0 Å². The van der Waals surface area contributed by atoms with Crippen molar-refractivity contribution in [1.82, 2.24) is 0 Å². The van der Waals surface area contributed by atoms with Gasteiger partial charge in [0.15, 0.2) is 0 Å². The average molecular weight is 382 g/mol. The first kappa shape index (κ1) is 21.3. The summed E-state index contributed by atoms with van der Waals surface area (Å²) in [5.74, 6) is -1.90. The molecule has 0 aliphatic heterocycles. The van der Waals surface area contributed by atoms with Gasteiger partial charge in [0.05, 0.1) is 22.5 Å².